The van der Waals surface area contributed by atoms with Crippen LogP contribution >= 0.6 is 0 Å². The second-order valence-electron chi connectivity index (χ2n) is 3.26. The molecule has 1 unspecified atom stereocenters. The van der Waals surface area contributed by atoms with Crippen molar-refractivity contribution in [3.05, 3.63) is 23.5 Å². The summed E-state index contributed by atoms with van der Waals surface area (Å²) in [5.41, 5.74) is 7.59. The van der Waals surface area contributed by atoms with Gasteiger partial charge in [0.25, 0.3) is 0 Å². The van der Waals surface area contributed by atoms with Gasteiger partial charge in [-0.15, -0.1) is 0 Å². The average molecular weight is 196 g/mol. The average Bonchev–Trinajstić information content (AvgIpc) is 2.50. The van der Waals surface area contributed by atoms with Gasteiger partial charge in [-0.25, -0.2) is 4.79 Å². The minimum atomic E-state index is -0.407. The summed E-state index contributed by atoms with van der Waals surface area (Å²) in [4.78, 5) is 11.4. The molecule has 2 N–H and O–H groups in total. The zero-order valence-corrected chi connectivity index (χ0v) is 8.78. The molecule has 78 valence electrons. The fourth-order valence-corrected chi connectivity index (χ4v) is 1.61. The van der Waals surface area contributed by atoms with Crippen molar-refractivity contribution in [1.82, 2.24) is 4.57 Å². The van der Waals surface area contributed by atoms with E-state index in [9.17, 15) is 4.79 Å². The van der Waals surface area contributed by atoms with E-state index in [-0.39, 0.29) is 12.5 Å². The second kappa shape index (κ2) is 4.28. The Balaban J connectivity index is 3.06. The molecular formula is C10H16N2O2. The van der Waals surface area contributed by atoms with E-state index in [0.29, 0.717) is 0 Å². The molecule has 0 radical (unpaired) electrons. The van der Waals surface area contributed by atoms with Crippen LogP contribution in [0.1, 0.15) is 17.4 Å². The molecule has 0 fully saturated rings. The lowest BCUT2D eigenvalue weighted by Gasteiger charge is -2.18. The summed E-state index contributed by atoms with van der Waals surface area (Å²) < 4.78 is 6.59. The highest BCUT2D eigenvalue weighted by Crippen LogP contribution is 2.15. The van der Waals surface area contributed by atoms with Crippen LogP contribution < -0.4 is 5.73 Å². The van der Waals surface area contributed by atoms with E-state index >= 15 is 0 Å². The molecule has 0 amide bonds. The molecule has 0 aliphatic carbocycles. The summed E-state index contributed by atoms with van der Waals surface area (Å²) in [7, 11) is 1.37. The number of esters is 1. The largest absolute Gasteiger partial charge is 0.467 e. The van der Waals surface area contributed by atoms with Gasteiger partial charge in [0.2, 0.25) is 0 Å². The Labute approximate surface area is 83.7 Å². The van der Waals surface area contributed by atoms with Crippen LogP contribution in [-0.4, -0.2) is 24.2 Å². The predicted molar refractivity (Wildman–Crippen MR) is 54.0 cm³/mol. The number of hydrogen-bond donors (Lipinski definition) is 1. The number of ether oxygens (including phenoxy) is 1. The third kappa shape index (κ3) is 1.80. The van der Waals surface area contributed by atoms with Crippen molar-refractivity contribution in [2.75, 3.05) is 13.7 Å². The number of rotatable bonds is 3. The smallest absolute Gasteiger partial charge is 0.330 e. The highest BCUT2D eigenvalue weighted by atomic mass is 16.5. The third-order valence-electron chi connectivity index (χ3n) is 2.33. The van der Waals surface area contributed by atoms with Crippen LogP contribution in [-0.2, 0) is 9.53 Å². The number of carbonyl (C=O) groups excluding carboxylic acids is 1. The van der Waals surface area contributed by atoms with Crippen LogP contribution in [0.3, 0.4) is 0 Å². The first kappa shape index (κ1) is 10.8. The summed E-state index contributed by atoms with van der Waals surface area (Å²) >= 11 is 0. The molecule has 0 aliphatic heterocycles. The molecule has 1 aromatic rings. The van der Waals surface area contributed by atoms with Crippen LogP contribution in [0.25, 0.3) is 0 Å². The van der Waals surface area contributed by atoms with E-state index in [1.54, 1.807) is 0 Å². The van der Waals surface area contributed by atoms with Crippen molar-refractivity contribution < 1.29 is 9.53 Å². The van der Waals surface area contributed by atoms with Gasteiger partial charge >= 0.3 is 5.97 Å². The van der Waals surface area contributed by atoms with Crippen molar-refractivity contribution in [2.24, 2.45) is 5.73 Å². The minimum Gasteiger partial charge on any atom is -0.467 e. The topological polar surface area (TPSA) is 57.2 Å². The predicted octanol–water partition coefficient (Wildman–Crippen LogP) is 0.778. The lowest BCUT2D eigenvalue weighted by atomic mass is 10.2. The van der Waals surface area contributed by atoms with Crippen molar-refractivity contribution in [3.63, 3.8) is 0 Å². The van der Waals surface area contributed by atoms with Gasteiger partial charge in [0.05, 0.1) is 7.11 Å². The van der Waals surface area contributed by atoms with E-state index in [2.05, 4.69) is 0 Å². The van der Waals surface area contributed by atoms with Gasteiger partial charge in [-0.3, -0.25) is 0 Å². The first-order chi connectivity index (χ1) is 6.61. The molecule has 0 bridgehead atoms. The highest BCUT2D eigenvalue weighted by molar-refractivity contribution is 5.74. The molecule has 1 heterocycles. The van der Waals surface area contributed by atoms with Crippen LogP contribution in [0.4, 0.5) is 0 Å². The van der Waals surface area contributed by atoms with Crippen molar-refractivity contribution >= 4 is 5.97 Å². The Bertz CT molecular complexity index is 311. The summed E-state index contributed by atoms with van der Waals surface area (Å²) in [5, 5.41) is 0. The molecular weight excluding hydrogens is 180 g/mol. The first-order valence-corrected chi connectivity index (χ1v) is 4.54. The van der Waals surface area contributed by atoms with Gasteiger partial charge in [0.15, 0.2) is 0 Å². The molecule has 0 aliphatic rings. The number of methoxy groups -OCH3 is 1. The highest BCUT2D eigenvalue weighted by Gasteiger charge is 2.21. The summed E-state index contributed by atoms with van der Waals surface area (Å²) in [5.74, 6) is -0.296. The molecule has 0 spiro atoms. The molecule has 0 saturated carbocycles. The fraction of sp³-hybridized carbons (Fsp3) is 0.500. The molecule has 4 heteroatoms. The SMILES string of the molecule is COC(=O)C(CN)n1c(C)ccc1C. The van der Waals surface area contributed by atoms with Crippen molar-refractivity contribution in [2.45, 2.75) is 19.9 Å². The van der Waals surface area contributed by atoms with Gasteiger partial charge in [0, 0.05) is 17.9 Å². The van der Waals surface area contributed by atoms with Crippen LogP contribution in [0, 0.1) is 13.8 Å². The van der Waals surface area contributed by atoms with Gasteiger partial charge in [0.1, 0.15) is 6.04 Å². The molecule has 0 saturated heterocycles. The van der Waals surface area contributed by atoms with Crippen molar-refractivity contribution in [3.8, 4) is 0 Å². The lowest BCUT2D eigenvalue weighted by Crippen LogP contribution is -2.29. The van der Waals surface area contributed by atoms with Crippen LogP contribution in [0.2, 0.25) is 0 Å². The molecule has 14 heavy (non-hydrogen) atoms. The molecule has 4 nitrogen and oxygen atoms in total. The monoisotopic (exact) mass is 196 g/mol. The summed E-state index contributed by atoms with van der Waals surface area (Å²) in [6.45, 7) is 4.14. The van der Waals surface area contributed by atoms with E-state index in [1.165, 1.54) is 7.11 Å². The fourth-order valence-electron chi connectivity index (χ4n) is 1.61. The van der Waals surface area contributed by atoms with E-state index in [4.69, 9.17) is 10.5 Å². The summed E-state index contributed by atoms with van der Waals surface area (Å²) in [6.07, 6.45) is 0. The Morgan fingerprint density at radius 3 is 2.36 bits per heavy atom. The maximum absolute atomic E-state index is 11.4. The number of carbonyl (C=O) groups is 1. The number of nitrogens with zero attached hydrogens (tertiary/aromatic N) is 1. The zero-order chi connectivity index (χ0) is 10.7. The van der Waals surface area contributed by atoms with Gasteiger partial charge < -0.3 is 15.0 Å². The maximum atomic E-state index is 11.4. The normalized spacial score (nSPS) is 12.6. The second-order valence-corrected chi connectivity index (χ2v) is 3.26. The number of aryl methyl sites for hydroxylation is 2. The van der Waals surface area contributed by atoms with Crippen LogP contribution in [0.5, 0.6) is 0 Å². The minimum absolute atomic E-state index is 0.253. The molecule has 0 aromatic carbocycles. The standard InChI is InChI=1S/C10H16N2O2/c1-7-4-5-8(2)12(7)9(6-11)10(13)14-3/h4-5,9H,6,11H2,1-3H3. The summed E-state index contributed by atoms with van der Waals surface area (Å²) in [6, 6.07) is 3.51. The van der Waals surface area contributed by atoms with Gasteiger partial charge in [-0.05, 0) is 26.0 Å². The molecule has 1 atom stereocenters. The Morgan fingerprint density at radius 1 is 1.50 bits per heavy atom. The Morgan fingerprint density at radius 2 is 2.00 bits per heavy atom. The van der Waals surface area contributed by atoms with E-state index < -0.39 is 6.04 Å². The maximum Gasteiger partial charge on any atom is 0.330 e. The third-order valence-corrected chi connectivity index (χ3v) is 2.33. The van der Waals surface area contributed by atoms with E-state index in [1.807, 2.05) is 30.5 Å². The molecule has 1 aromatic heterocycles. The molecule has 1 rings (SSSR count). The van der Waals surface area contributed by atoms with Crippen molar-refractivity contribution in [1.29, 1.82) is 0 Å². The Hall–Kier alpha value is -1.29. The van der Waals surface area contributed by atoms with Gasteiger partial charge in [-0.1, -0.05) is 0 Å². The zero-order valence-electron chi connectivity index (χ0n) is 8.78. The first-order valence-electron chi connectivity index (χ1n) is 4.54. The lowest BCUT2D eigenvalue weighted by molar-refractivity contribution is -0.144. The van der Waals surface area contributed by atoms with Gasteiger partial charge in [-0.2, -0.15) is 0 Å². The number of hydrogen-bond acceptors (Lipinski definition) is 3. The number of aromatic nitrogens is 1. The Kier molecular flexibility index (Phi) is 3.30. The van der Waals surface area contributed by atoms with Crippen LogP contribution in [0.15, 0.2) is 12.1 Å². The quantitative estimate of drug-likeness (QED) is 0.727. The van der Waals surface area contributed by atoms with E-state index in [0.717, 1.165) is 11.4 Å². The number of nitrogens with two attached hydrogens (primary N) is 1.